The van der Waals surface area contributed by atoms with Crippen LogP contribution in [0.5, 0.6) is 0 Å². The van der Waals surface area contributed by atoms with Gasteiger partial charge in [0.25, 0.3) is 0 Å². The highest BCUT2D eigenvalue weighted by Crippen LogP contribution is 2.66. The SMILES string of the molecule is CC.CC.CC=O.CCCC1(C)C(C)CCC2C1CCC1(C)C(CC)CCC21. The van der Waals surface area contributed by atoms with E-state index in [0.29, 0.717) is 10.8 Å². The van der Waals surface area contributed by atoms with Crippen LogP contribution in [0.1, 0.15) is 127 Å². The molecular formula is C27H54O. The fraction of sp³-hybridized carbons (Fsp3) is 0.963. The maximum Gasteiger partial charge on any atom is 0.116 e. The fourth-order valence-corrected chi connectivity index (χ4v) is 7.40. The molecule has 168 valence electrons. The summed E-state index contributed by atoms with van der Waals surface area (Å²) in [6, 6.07) is 0. The molecule has 0 spiro atoms. The van der Waals surface area contributed by atoms with E-state index in [-0.39, 0.29) is 0 Å². The summed E-state index contributed by atoms with van der Waals surface area (Å²) in [7, 11) is 0. The van der Waals surface area contributed by atoms with E-state index in [2.05, 4.69) is 34.6 Å². The van der Waals surface area contributed by atoms with Gasteiger partial charge in [0.2, 0.25) is 0 Å². The summed E-state index contributed by atoms with van der Waals surface area (Å²) >= 11 is 0. The molecule has 28 heavy (non-hydrogen) atoms. The van der Waals surface area contributed by atoms with E-state index in [9.17, 15) is 0 Å². The van der Waals surface area contributed by atoms with Crippen molar-refractivity contribution in [2.45, 2.75) is 127 Å². The molecule has 3 aliphatic carbocycles. The molecule has 0 aromatic carbocycles. The molecule has 7 atom stereocenters. The number of carbonyl (C=O) groups is 1. The predicted octanol–water partition coefficient (Wildman–Crippen LogP) is 8.95. The quantitative estimate of drug-likeness (QED) is 0.436. The first kappa shape index (κ1) is 27.7. The van der Waals surface area contributed by atoms with Gasteiger partial charge in [0.05, 0.1) is 0 Å². The van der Waals surface area contributed by atoms with Gasteiger partial charge in [-0.3, -0.25) is 0 Å². The largest absolute Gasteiger partial charge is 0.304 e. The molecule has 3 saturated carbocycles. The molecule has 0 aromatic heterocycles. The molecule has 1 heteroatoms. The summed E-state index contributed by atoms with van der Waals surface area (Å²) in [6.45, 7) is 22.2. The molecule has 0 radical (unpaired) electrons. The molecule has 7 unspecified atom stereocenters. The van der Waals surface area contributed by atoms with E-state index in [1.807, 2.05) is 27.7 Å². The number of fused-ring (bicyclic) bond motifs is 3. The monoisotopic (exact) mass is 394 g/mol. The molecule has 0 bridgehead atoms. The zero-order chi connectivity index (χ0) is 22.0. The Morgan fingerprint density at radius 1 is 0.893 bits per heavy atom. The van der Waals surface area contributed by atoms with Crippen LogP contribution < -0.4 is 0 Å². The Kier molecular flexibility index (Phi) is 12.9. The average Bonchev–Trinajstić information content (AvgIpc) is 3.05. The zero-order valence-electron chi connectivity index (χ0n) is 21.2. The molecule has 0 saturated heterocycles. The second-order valence-electron chi connectivity index (χ2n) is 9.57. The molecule has 3 rings (SSSR count). The van der Waals surface area contributed by atoms with Gasteiger partial charge in [0, 0.05) is 0 Å². The normalized spacial score (nSPS) is 40.9. The summed E-state index contributed by atoms with van der Waals surface area (Å²) in [5.74, 6) is 5.14. The highest BCUT2D eigenvalue weighted by atomic mass is 16.1. The maximum atomic E-state index is 8.81. The van der Waals surface area contributed by atoms with Crippen molar-refractivity contribution in [1.82, 2.24) is 0 Å². The van der Waals surface area contributed by atoms with Crippen LogP contribution in [-0.2, 0) is 4.79 Å². The average molecular weight is 395 g/mol. The molecule has 0 N–H and O–H groups in total. The van der Waals surface area contributed by atoms with Gasteiger partial charge in [-0.2, -0.15) is 0 Å². The summed E-state index contributed by atoms with van der Waals surface area (Å²) < 4.78 is 0. The molecule has 3 aliphatic rings. The lowest BCUT2D eigenvalue weighted by atomic mass is 9.46. The first-order valence-electron chi connectivity index (χ1n) is 12.8. The van der Waals surface area contributed by atoms with E-state index in [4.69, 9.17) is 4.79 Å². The summed E-state index contributed by atoms with van der Waals surface area (Å²) in [5, 5.41) is 0. The van der Waals surface area contributed by atoms with Crippen LogP contribution in [0.25, 0.3) is 0 Å². The number of aldehydes is 1. The molecule has 0 aromatic rings. The zero-order valence-corrected chi connectivity index (χ0v) is 21.2. The summed E-state index contributed by atoms with van der Waals surface area (Å²) in [6.07, 6.45) is 14.2. The van der Waals surface area contributed by atoms with Crippen molar-refractivity contribution in [3.63, 3.8) is 0 Å². The predicted molar refractivity (Wildman–Crippen MR) is 127 cm³/mol. The maximum absolute atomic E-state index is 8.81. The van der Waals surface area contributed by atoms with E-state index >= 15 is 0 Å². The molecule has 0 amide bonds. The minimum atomic E-state index is 0.642. The lowest BCUT2D eigenvalue weighted by Crippen LogP contribution is -2.51. The molecule has 0 aliphatic heterocycles. The third-order valence-corrected chi connectivity index (χ3v) is 8.82. The third-order valence-electron chi connectivity index (χ3n) is 8.82. The first-order valence-corrected chi connectivity index (χ1v) is 12.8. The minimum Gasteiger partial charge on any atom is -0.304 e. The summed E-state index contributed by atoms with van der Waals surface area (Å²) in [5.41, 5.74) is 1.34. The molecular weight excluding hydrogens is 340 g/mol. The fourth-order valence-electron chi connectivity index (χ4n) is 7.40. The van der Waals surface area contributed by atoms with Gasteiger partial charge < -0.3 is 4.79 Å². The van der Waals surface area contributed by atoms with Crippen molar-refractivity contribution in [3.8, 4) is 0 Å². The van der Waals surface area contributed by atoms with Crippen LogP contribution in [0.2, 0.25) is 0 Å². The number of hydrogen-bond donors (Lipinski definition) is 0. The Hall–Kier alpha value is -0.330. The highest BCUT2D eigenvalue weighted by molar-refractivity contribution is 5.44. The second-order valence-corrected chi connectivity index (χ2v) is 9.57. The Morgan fingerprint density at radius 2 is 1.46 bits per heavy atom. The Labute approximate surface area is 178 Å². The standard InChI is InChI=1S/C21H38.C2H4O.2C2H6/c1-6-13-20(4)15(3)8-10-17-18-11-9-16(7-2)21(18,5)14-12-19(17)20;1-2-3;2*1-2/h15-19H,6-14H2,1-5H3;2H,1H3;2*1-2H3. The topological polar surface area (TPSA) is 17.1 Å². The van der Waals surface area contributed by atoms with E-state index in [1.165, 1.54) is 51.9 Å². The van der Waals surface area contributed by atoms with Crippen molar-refractivity contribution in [2.75, 3.05) is 0 Å². The van der Waals surface area contributed by atoms with E-state index in [1.54, 1.807) is 12.8 Å². The van der Waals surface area contributed by atoms with Crippen molar-refractivity contribution in [3.05, 3.63) is 0 Å². The van der Waals surface area contributed by atoms with Gasteiger partial charge >= 0.3 is 0 Å². The van der Waals surface area contributed by atoms with Gasteiger partial charge in [-0.15, -0.1) is 0 Å². The van der Waals surface area contributed by atoms with Crippen molar-refractivity contribution in [2.24, 2.45) is 40.4 Å². The van der Waals surface area contributed by atoms with Crippen molar-refractivity contribution >= 4 is 6.29 Å². The van der Waals surface area contributed by atoms with Crippen LogP contribution in [0.4, 0.5) is 0 Å². The van der Waals surface area contributed by atoms with Crippen LogP contribution in [0, 0.1) is 40.4 Å². The second kappa shape index (κ2) is 13.1. The van der Waals surface area contributed by atoms with E-state index < -0.39 is 0 Å². The molecule has 1 nitrogen and oxygen atoms in total. The van der Waals surface area contributed by atoms with Crippen molar-refractivity contribution < 1.29 is 4.79 Å². The highest BCUT2D eigenvalue weighted by Gasteiger charge is 2.58. The number of rotatable bonds is 3. The third kappa shape index (κ3) is 5.42. The Bertz CT molecular complexity index is 416. The smallest absolute Gasteiger partial charge is 0.116 e. The van der Waals surface area contributed by atoms with Crippen LogP contribution >= 0.6 is 0 Å². The van der Waals surface area contributed by atoms with Gasteiger partial charge in [-0.05, 0) is 92.3 Å². The number of hydrogen-bond acceptors (Lipinski definition) is 1. The van der Waals surface area contributed by atoms with Crippen LogP contribution in [-0.4, -0.2) is 6.29 Å². The van der Waals surface area contributed by atoms with Gasteiger partial charge in [-0.1, -0.05) is 75.2 Å². The summed E-state index contributed by atoms with van der Waals surface area (Å²) in [4.78, 5) is 8.81. The van der Waals surface area contributed by atoms with E-state index in [0.717, 1.165) is 35.9 Å². The Balaban J connectivity index is 0.000000930. The lowest BCUT2D eigenvalue weighted by molar-refractivity contribution is -0.106. The molecule has 3 fully saturated rings. The van der Waals surface area contributed by atoms with Crippen LogP contribution in [0.15, 0.2) is 0 Å². The first-order chi connectivity index (χ1) is 13.4. The molecule has 0 heterocycles. The number of carbonyl (C=O) groups excluding carboxylic acids is 1. The minimum absolute atomic E-state index is 0.642. The van der Waals surface area contributed by atoms with Crippen LogP contribution in [0.3, 0.4) is 0 Å². The van der Waals surface area contributed by atoms with Crippen molar-refractivity contribution in [1.29, 1.82) is 0 Å². The van der Waals surface area contributed by atoms with Gasteiger partial charge in [0.1, 0.15) is 6.29 Å². The lowest BCUT2D eigenvalue weighted by Gasteiger charge is -2.59. The van der Waals surface area contributed by atoms with Gasteiger partial charge in [-0.25, -0.2) is 0 Å². The van der Waals surface area contributed by atoms with Gasteiger partial charge in [0.15, 0.2) is 0 Å². The Morgan fingerprint density at radius 3 is 1.96 bits per heavy atom.